The Balaban J connectivity index is 1.36. The Kier molecular flexibility index (Phi) is 5.35. The first-order chi connectivity index (χ1) is 13.2. The van der Waals surface area contributed by atoms with Crippen molar-refractivity contribution in [1.29, 1.82) is 0 Å². The first-order valence-electron chi connectivity index (χ1n) is 9.18. The SMILES string of the molecule is O=C(NNC(=O)C1CCCc2ccccc21)c1csc(N2CCOCC2)n1. The second kappa shape index (κ2) is 8.06. The number of nitrogens with one attached hydrogen (secondary N) is 2. The summed E-state index contributed by atoms with van der Waals surface area (Å²) in [5, 5.41) is 2.51. The van der Waals surface area contributed by atoms with Gasteiger partial charge in [0.05, 0.1) is 19.1 Å². The van der Waals surface area contributed by atoms with Gasteiger partial charge in [-0.05, 0) is 30.4 Å². The highest BCUT2D eigenvalue weighted by Crippen LogP contribution is 2.31. The van der Waals surface area contributed by atoms with Crippen LogP contribution in [0.3, 0.4) is 0 Å². The van der Waals surface area contributed by atoms with E-state index in [-0.39, 0.29) is 11.8 Å². The van der Waals surface area contributed by atoms with E-state index in [4.69, 9.17) is 4.74 Å². The Morgan fingerprint density at radius 3 is 2.85 bits per heavy atom. The third-order valence-corrected chi connectivity index (χ3v) is 5.89. The molecule has 1 aromatic carbocycles. The Morgan fingerprint density at radius 1 is 1.19 bits per heavy atom. The van der Waals surface area contributed by atoms with E-state index in [1.165, 1.54) is 16.9 Å². The van der Waals surface area contributed by atoms with Crippen molar-refractivity contribution >= 4 is 28.3 Å². The summed E-state index contributed by atoms with van der Waals surface area (Å²) in [6.45, 7) is 2.87. The van der Waals surface area contributed by atoms with Gasteiger partial charge >= 0.3 is 0 Å². The number of aromatic nitrogens is 1. The maximum Gasteiger partial charge on any atom is 0.289 e. The number of thiazole rings is 1. The predicted octanol–water partition coefficient (Wildman–Crippen LogP) is 1.86. The third kappa shape index (κ3) is 3.96. The zero-order chi connectivity index (χ0) is 18.6. The molecule has 2 amide bonds. The van der Waals surface area contributed by atoms with Crippen molar-refractivity contribution in [3.05, 3.63) is 46.5 Å². The number of amides is 2. The molecule has 27 heavy (non-hydrogen) atoms. The molecule has 1 atom stereocenters. The lowest BCUT2D eigenvalue weighted by molar-refractivity contribution is -0.123. The van der Waals surface area contributed by atoms with E-state index in [9.17, 15) is 9.59 Å². The highest BCUT2D eigenvalue weighted by molar-refractivity contribution is 7.13. The van der Waals surface area contributed by atoms with E-state index >= 15 is 0 Å². The van der Waals surface area contributed by atoms with E-state index < -0.39 is 5.91 Å². The van der Waals surface area contributed by atoms with Gasteiger partial charge in [-0.15, -0.1) is 11.3 Å². The van der Waals surface area contributed by atoms with Gasteiger partial charge in [0.25, 0.3) is 5.91 Å². The number of fused-ring (bicyclic) bond motifs is 1. The molecule has 2 heterocycles. The maximum absolute atomic E-state index is 12.6. The van der Waals surface area contributed by atoms with Gasteiger partial charge in [0.15, 0.2) is 5.13 Å². The number of carbonyl (C=O) groups excluding carboxylic acids is 2. The zero-order valence-electron chi connectivity index (χ0n) is 14.9. The molecule has 2 aromatic rings. The lowest BCUT2D eigenvalue weighted by Crippen LogP contribution is -2.44. The number of morpholine rings is 1. The van der Waals surface area contributed by atoms with Gasteiger partial charge < -0.3 is 9.64 Å². The number of hydrogen-bond acceptors (Lipinski definition) is 6. The fourth-order valence-corrected chi connectivity index (χ4v) is 4.42. The summed E-state index contributed by atoms with van der Waals surface area (Å²) in [6, 6.07) is 8.01. The van der Waals surface area contributed by atoms with Crippen molar-refractivity contribution in [1.82, 2.24) is 15.8 Å². The van der Waals surface area contributed by atoms with Crippen molar-refractivity contribution in [2.24, 2.45) is 0 Å². The fourth-order valence-electron chi connectivity index (χ4n) is 3.56. The van der Waals surface area contributed by atoms with Crippen molar-refractivity contribution < 1.29 is 14.3 Å². The number of rotatable bonds is 3. The smallest absolute Gasteiger partial charge is 0.289 e. The molecule has 1 aliphatic heterocycles. The molecule has 1 fully saturated rings. The summed E-state index contributed by atoms with van der Waals surface area (Å²) in [4.78, 5) is 31.4. The van der Waals surface area contributed by atoms with Crippen LogP contribution in [0.15, 0.2) is 29.6 Å². The maximum atomic E-state index is 12.6. The second-order valence-corrected chi connectivity index (χ2v) is 7.54. The lowest BCUT2D eigenvalue weighted by Gasteiger charge is -2.26. The van der Waals surface area contributed by atoms with Gasteiger partial charge in [-0.2, -0.15) is 0 Å². The van der Waals surface area contributed by atoms with Crippen LogP contribution in [0.2, 0.25) is 0 Å². The minimum absolute atomic E-state index is 0.181. The van der Waals surface area contributed by atoms with Crippen molar-refractivity contribution in [2.45, 2.75) is 25.2 Å². The molecule has 0 radical (unpaired) electrons. The van der Waals surface area contributed by atoms with Crippen LogP contribution in [0.5, 0.6) is 0 Å². The molecule has 1 aromatic heterocycles. The van der Waals surface area contributed by atoms with Gasteiger partial charge in [0, 0.05) is 18.5 Å². The zero-order valence-corrected chi connectivity index (χ0v) is 15.8. The van der Waals surface area contributed by atoms with Crippen molar-refractivity contribution in [3.63, 3.8) is 0 Å². The van der Waals surface area contributed by atoms with E-state index in [0.29, 0.717) is 18.9 Å². The summed E-state index contributed by atoms with van der Waals surface area (Å²) in [7, 11) is 0. The van der Waals surface area contributed by atoms with Gasteiger partial charge in [0.2, 0.25) is 5.91 Å². The molecular weight excluding hydrogens is 364 g/mol. The van der Waals surface area contributed by atoms with Crippen LogP contribution < -0.4 is 15.8 Å². The molecule has 1 saturated heterocycles. The number of hydrazine groups is 1. The number of aryl methyl sites for hydroxylation is 1. The first kappa shape index (κ1) is 17.9. The number of benzene rings is 1. The van der Waals surface area contributed by atoms with Gasteiger partial charge in [-0.25, -0.2) is 4.98 Å². The lowest BCUT2D eigenvalue weighted by atomic mass is 9.82. The Bertz CT molecular complexity index is 832. The summed E-state index contributed by atoms with van der Waals surface area (Å²) in [5.41, 5.74) is 7.66. The van der Waals surface area contributed by atoms with Gasteiger partial charge in [0.1, 0.15) is 5.69 Å². The molecule has 0 spiro atoms. The summed E-state index contributed by atoms with van der Waals surface area (Å²) in [5.74, 6) is -0.808. The number of nitrogens with zero attached hydrogens (tertiary/aromatic N) is 2. The van der Waals surface area contributed by atoms with E-state index in [1.807, 2.05) is 18.2 Å². The number of carbonyl (C=O) groups is 2. The van der Waals surface area contributed by atoms with Crippen LogP contribution in [0.1, 0.15) is 40.4 Å². The monoisotopic (exact) mass is 386 g/mol. The van der Waals surface area contributed by atoms with Gasteiger partial charge in [-0.1, -0.05) is 24.3 Å². The van der Waals surface area contributed by atoms with Crippen LogP contribution in [-0.4, -0.2) is 43.1 Å². The molecule has 0 bridgehead atoms. The fraction of sp³-hybridized carbons (Fsp3) is 0.421. The van der Waals surface area contributed by atoms with Crippen LogP contribution in [0.25, 0.3) is 0 Å². The quantitative estimate of drug-likeness (QED) is 0.787. The van der Waals surface area contributed by atoms with Crippen molar-refractivity contribution in [3.8, 4) is 0 Å². The van der Waals surface area contributed by atoms with E-state index in [2.05, 4.69) is 26.8 Å². The third-order valence-electron chi connectivity index (χ3n) is 4.99. The molecule has 4 rings (SSSR count). The molecule has 1 unspecified atom stereocenters. The molecule has 8 heteroatoms. The summed E-state index contributed by atoms with van der Waals surface area (Å²) >= 11 is 1.42. The average molecular weight is 386 g/mol. The van der Waals surface area contributed by atoms with Gasteiger partial charge in [-0.3, -0.25) is 20.4 Å². The van der Waals surface area contributed by atoms with E-state index in [0.717, 1.165) is 43.0 Å². The molecule has 142 valence electrons. The predicted molar refractivity (Wildman–Crippen MR) is 103 cm³/mol. The number of anilines is 1. The van der Waals surface area contributed by atoms with Crippen molar-refractivity contribution in [2.75, 3.05) is 31.2 Å². The molecular formula is C19H22N4O3S. The Labute approximate surface area is 161 Å². The topological polar surface area (TPSA) is 83.6 Å². The minimum Gasteiger partial charge on any atom is -0.378 e. The minimum atomic E-state index is -0.400. The molecule has 7 nitrogen and oxygen atoms in total. The highest BCUT2D eigenvalue weighted by atomic mass is 32.1. The molecule has 1 aliphatic carbocycles. The normalized spacial score (nSPS) is 19.3. The molecule has 2 N–H and O–H groups in total. The largest absolute Gasteiger partial charge is 0.378 e. The Hall–Kier alpha value is -2.45. The highest BCUT2D eigenvalue weighted by Gasteiger charge is 2.26. The standard InChI is InChI=1S/C19H22N4O3S/c24-17(15-7-3-5-13-4-1-2-6-14(13)15)21-22-18(25)16-12-27-19(20-16)23-8-10-26-11-9-23/h1-2,4,6,12,15H,3,5,7-11H2,(H,21,24)(H,22,25). The van der Waals surface area contributed by atoms with Crippen LogP contribution in [0.4, 0.5) is 5.13 Å². The number of ether oxygens (including phenoxy) is 1. The summed E-state index contributed by atoms with van der Waals surface area (Å²) < 4.78 is 5.33. The average Bonchev–Trinajstić information content (AvgIpc) is 3.22. The molecule has 0 saturated carbocycles. The summed E-state index contributed by atoms with van der Waals surface area (Å²) in [6.07, 6.45) is 2.75. The first-order valence-corrected chi connectivity index (χ1v) is 10.1. The van der Waals surface area contributed by atoms with Crippen LogP contribution in [-0.2, 0) is 16.0 Å². The second-order valence-electron chi connectivity index (χ2n) is 6.70. The number of hydrogen-bond donors (Lipinski definition) is 2. The molecule has 2 aliphatic rings. The van der Waals surface area contributed by atoms with Crippen LogP contribution >= 0.6 is 11.3 Å². The van der Waals surface area contributed by atoms with E-state index in [1.54, 1.807) is 5.38 Å². The van der Waals surface area contributed by atoms with Crippen LogP contribution in [0, 0.1) is 0 Å². The Morgan fingerprint density at radius 2 is 2.00 bits per heavy atom.